The lowest BCUT2D eigenvalue weighted by Crippen LogP contribution is -2.28. The van der Waals surface area contributed by atoms with Crippen LogP contribution in [0.3, 0.4) is 0 Å². The van der Waals surface area contributed by atoms with Gasteiger partial charge in [-0.25, -0.2) is 16.8 Å². The van der Waals surface area contributed by atoms with Gasteiger partial charge in [-0.05, 0) is 49.2 Å². The summed E-state index contributed by atoms with van der Waals surface area (Å²) in [6, 6.07) is 10.5. The highest BCUT2D eigenvalue weighted by Gasteiger charge is 2.28. The molecule has 168 valence electrons. The third-order valence-electron chi connectivity index (χ3n) is 5.08. The molecule has 0 radical (unpaired) electrons. The summed E-state index contributed by atoms with van der Waals surface area (Å²) < 4.78 is 57.0. The van der Waals surface area contributed by atoms with E-state index < -0.39 is 26.0 Å². The molecule has 11 heteroatoms. The Kier molecular flexibility index (Phi) is 6.58. The predicted molar refractivity (Wildman–Crippen MR) is 119 cm³/mol. The molecule has 3 rings (SSSR count). The summed E-state index contributed by atoms with van der Waals surface area (Å²) in [5.41, 5.74) is 0.787. The van der Waals surface area contributed by atoms with Crippen molar-refractivity contribution in [3.05, 3.63) is 48.0 Å². The van der Waals surface area contributed by atoms with Gasteiger partial charge in [0.05, 0.1) is 29.5 Å². The molecule has 2 aromatic carbocycles. The van der Waals surface area contributed by atoms with Crippen LogP contribution >= 0.6 is 0 Å². The first-order valence-corrected chi connectivity index (χ1v) is 12.9. The Morgan fingerprint density at radius 3 is 2.35 bits per heavy atom. The molecule has 1 heterocycles. The summed E-state index contributed by atoms with van der Waals surface area (Å²) in [5.74, 6) is -0.350. The quantitative estimate of drug-likeness (QED) is 0.667. The summed E-state index contributed by atoms with van der Waals surface area (Å²) in [6.07, 6.45) is 2.69. The Morgan fingerprint density at radius 2 is 1.74 bits per heavy atom. The molecule has 1 amide bonds. The van der Waals surface area contributed by atoms with Gasteiger partial charge in [-0.3, -0.25) is 9.10 Å². The van der Waals surface area contributed by atoms with Crippen LogP contribution in [0, 0.1) is 0 Å². The highest BCUT2D eigenvalue weighted by molar-refractivity contribution is 7.92. The number of hydrogen-bond acceptors (Lipinski definition) is 6. The summed E-state index contributed by atoms with van der Waals surface area (Å²) >= 11 is 0. The third-order valence-corrected chi connectivity index (χ3v) is 8.18. The van der Waals surface area contributed by atoms with Crippen molar-refractivity contribution in [2.24, 2.45) is 0 Å². The third kappa shape index (κ3) is 5.00. The zero-order valence-electron chi connectivity index (χ0n) is 17.5. The van der Waals surface area contributed by atoms with E-state index in [1.54, 1.807) is 18.2 Å². The van der Waals surface area contributed by atoms with Gasteiger partial charge in [0.2, 0.25) is 20.0 Å². The van der Waals surface area contributed by atoms with Crippen LogP contribution in [0.25, 0.3) is 0 Å². The fraction of sp³-hybridized carbons (Fsp3) is 0.350. The molecule has 0 aliphatic carbocycles. The van der Waals surface area contributed by atoms with Crippen molar-refractivity contribution in [1.29, 1.82) is 0 Å². The molecule has 1 fully saturated rings. The number of amides is 1. The topological polar surface area (TPSA) is 113 Å². The molecule has 1 saturated heterocycles. The van der Waals surface area contributed by atoms with Gasteiger partial charge in [0.25, 0.3) is 5.91 Å². The molecule has 0 unspecified atom stereocenters. The van der Waals surface area contributed by atoms with Crippen molar-refractivity contribution in [1.82, 2.24) is 4.31 Å². The largest absolute Gasteiger partial charge is 0.496 e. The van der Waals surface area contributed by atoms with Gasteiger partial charge in [0, 0.05) is 25.8 Å². The standard InChI is InChI=1S/C20H25N3O6S2/c1-22(30(3,25)26)16-8-6-7-15(13-16)21-20(24)18-14-17(9-10-19(18)29-2)31(27,28)23-11-4-5-12-23/h6-10,13-14H,4-5,11-12H2,1-3H3,(H,21,24). The highest BCUT2D eigenvalue weighted by atomic mass is 32.2. The monoisotopic (exact) mass is 467 g/mol. The molecular formula is C20H25N3O6S2. The van der Waals surface area contributed by atoms with Crippen LogP contribution in [-0.2, 0) is 20.0 Å². The molecule has 0 atom stereocenters. The number of ether oxygens (including phenoxy) is 1. The average Bonchev–Trinajstić information content (AvgIpc) is 3.28. The molecular weight excluding hydrogens is 442 g/mol. The molecule has 0 aromatic heterocycles. The van der Waals surface area contributed by atoms with Crippen LogP contribution in [0.15, 0.2) is 47.4 Å². The van der Waals surface area contributed by atoms with Crippen LogP contribution in [0.1, 0.15) is 23.2 Å². The second kappa shape index (κ2) is 8.85. The molecule has 31 heavy (non-hydrogen) atoms. The highest BCUT2D eigenvalue weighted by Crippen LogP contribution is 2.28. The van der Waals surface area contributed by atoms with E-state index in [9.17, 15) is 21.6 Å². The van der Waals surface area contributed by atoms with E-state index >= 15 is 0 Å². The number of rotatable bonds is 7. The van der Waals surface area contributed by atoms with Gasteiger partial charge in [0.1, 0.15) is 5.75 Å². The molecule has 0 bridgehead atoms. The number of carbonyl (C=O) groups excluding carboxylic acids is 1. The number of carbonyl (C=O) groups is 1. The lowest BCUT2D eigenvalue weighted by molar-refractivity contribution is 0.102. The first-order chi connectivity index (χ1) is 14.5. The minimum atomic E-state index is -3.70. The van der Waals surface area contributed by atoms with E-state index in [1.807, 2.05) is 0 Å². The number of anilines is 2. The first-order valence-electron chi connectivity index (χ1n) is 9.57. The SMILES string of the molecule is COc1ccc(S(=O)(=O)N2CCCC2)cc1C(=O)Nc1cccc(N(C)S(C)(=O)=O)c1. The van der Waals surface area contributed by atoms with Gasteiger partial charge in [-0.2, -0.15) is 4.31 Å². The van der Waals surface area contributed by atoms with Crippen LogP contribution in [0.2, 0.25) is 0 Å². The normalized spacial score (nSPS) is 14.9. The lowest BCUT2D eigenvalue weighted by Gasteiger charge is -2.18. The summed E-state index contributed by atoms with van der Waals surface area (Å²) in [6.45, 7) is 0.910. The lowest BCUT2D eigenvalue weighted by atomic mass is 10.1. The van der Waals surface area contributed by atoms with Gasteiger partial charge >= 0.3 is 0 Å². The molecule has 2 aromatic rings. The Morgan fingerprint density at radius 1 is 1.06 bits per heavy atom. The fourth-order valence-corrected chi connectivity index (χ4v) is 5.31. The Balaban J connectivity index is 1.91. The van der Waals surface area contributed by atoms with Crippen LogP contribution < -0.4 is 14.4 Å². The number of methoxy groups -OCH3 is 1. The van der Waals surface area contributed by atoms with E-state index in [0.29, 0.717) is 24.5 Å². The van der Waals surface area contributed by atoms with Crippen molar-refractivity contribution >= 4 is 37.3 Å². The second-order valence-electron chi connectivity index (χ2n) is 7.21. The second-order valence-corrected chi connectivity index (χ2v) is 11.2. The molecule has 1 aliphatic rings. The van der Waals surface area contributed by atoms with Crippen molar-refractivity contribution < 1.29 is 26.4 Å². The van der Waals surface area contributed by atoms with Crippen molar-refractivity contribution in [2.45, 2.75) is 17.7 Å². The number of benzene rings is 2. The van der Waals surface area contributed by atoms with E-state index in [2.05, 4.69) is 5.32 Å². The molecule has 0 spiro atoms. The minimum Gasteiger partial charge on any atom is -0.496 e. The number of nitrogens with zero attached hydrogens (tertiary/aromatic N) is 2. The van der Waals surface area contributed by atoms with Gasteiger partial charge < -0.3 is 10.1 Å². The molecule has 1 N–H and O–H groups in total. The summed E-state index contributed by atoms with van der Waals surface area (Å²) in [4.78, 5) is 13.0. The number of sulfonamides is 2. The van der Waals surface area contributed by atoms with E-state index in [0.717, 1.165) is 23.4 Å². The van der Waals surface area contributed by atoms with Crippen LogP contribution in [0.4, 0.5) is 11.4 Å². The average molecular weight is 468 g/mol. The Bertz CT molecular complexity index is 1190. The maximum Gasteiger partial charge on any atom is 0.259 e. The van der Waals surface area contributed by atoms with Crippen molar-refractivity contribution in [2.75, 3.05) is 43.1 Å². The Labute approximate surface area is 182 Å². The molecule has 0 saturated carbocycles. The van der Waals surface area contributed by atoms with Gasteiger partial charge in [-0.1, -0.05) is 6.07 Å². The molecule has 9 nitrogen and oxygen atoms in total. The predicted octanol–water partition coefficient (Wildman–Crippen LogP) is 2.13. The summed E-state index contributed by atoms with van der Waals surface area (Å²) in [5, 5.41) is 2.68. The first kappa shape index (κ1) is 23.0. The van der Waals surface area contributed by atoms with E-state index in [1.165, 1.54) is 42.7 Å². The van der Waals surface area contributed by atoms with Crippen molar-refractivity contribution in [3.63, 3.8) is 0 Å². The summed E-state index contributed by atoms with van der Waals surface area (Å²) in [7, 11) is -4.37. The maximum absolute atomic E-state index is 12.9. The van der Waals surface area contributed by atoms with Gasteiger partial charge in [-0.15, -0.1) is 0 Å². The Hall–Kier alpha value is -2.63. The zero-order valence-corrected chi connectivity index (χ0v) is 19.2. The smallest absolute Gasteiger partial charge is 0.259 e. The van der Waals surface area contributed by atoms with Crippen LogP contribution in [0.5, 0.6) is 5.75 Å². The van der Waals surface area contributed by atoms with Crippen molar-refractivity contribution in [3.8, 4) is 5.75 Å². The maximum atomic E-state index is 12.9. The number of nitrogens with one attached hydrogen (secondary N) is 1. The minimum absolute atomic E-state index is 0.0194. The van der Waals surface area contributed by atoms with E-state index in [-0.39, 0.29) is 16.2 Å². The fourth-order valence-electron chi connectivity index (χ4n) is 3.27. The number of hydrogen-bond donors (Lipinski definition) is 1. The van der Waals surface area contributed by atoms with Gasteiger partial charge in [0.15, 0.2) is 0 Å². The van der Waals surface area contributed by atoms with Crippen LogP contribution in [-0.4, -0.2) is 60.6 Å². The molecule has 1 aliphatic heterocycles. The zero-order chi connectivity index (χ0) is 22.8. The van der Waals surface area contributed by atoms with E-state index in [4.69, 9.17) is 4.74 Å².